The number of hydrogen-bond donors (Lipinski definition) is 1. The highest BCUT2D eigenvalue weighted by Crippen LogP contribution is 2.20. The molecule has 0 aliphatic carbocycles. The number of nitrogens with zero attached hydrogens (tertiary/aromatic N) is 3. The lowest BCUT2D eigenvalue weighted by Crippen LogP contribution is -2.12. The number of hydrogen-bond acceptors (Lipinski definition) is 5. The normalized spacial score (nSPS) is 10.5. The topological polar surface area (TPSA) is 80.9 Å². The molecule has 1 N–H and O–H groups in total. The maximum atomic E-state index is 12.3. The quantitative estimate of drug-likeness (QED) is 0.605. The number of benzene rings is 2. The van der Waals surface area contributed by atoms with Crippen molar-refractivity contribution < 1.29 is 9.32 Å². The largest absolute Gasteiger partial charge is 0.355 e. The average molecular weight is 342 g/mol. The minimum absolute atomic E-state index is 0.191. The summed E-state index contributed by atoms with van der Waals surface area (Å²) < 4.78 is 5.24. The summed E-state index contributed by atoms with van der Waals surface area (Å²) in [6, 6.07) is 20.7. The first kappa shape index (κ1) is 15.7. The van der Waals surface area contributed by atoms with Gasteiger partial charge in [0.15, 0.2) is 17.3 Å². The van der Waals surface area contributed by atoms with Gasteiger partial charge in [0.2, 0.25) is 0 Å². The van der Waals surface area contributed by atoms with Crippen LogP contribution < -0.4 is 5.32 Å². The molecule has 2 aromatic carbocycles. The summed E-state index contributed by atoms with van der Waals surface area (Å²) in [7, 11) is 0. The monoisotopic (exact) mass is 342 g/mol. The van der Waals surface area contributed by atoms with Crippen molar-refractivity contribution in [2.75, 3.05) is 5.32 Å². The summed E-state index contributed by atoms with van der Waals surface area (Å²) in [6.07, 6.45) is 3.12. The molecule has 0 fully saturated rings. The smallest absolute Gasteiger partial charge is 0.277 e. The minimum Gasteiger partial charge on any atom is -0.355 e. The van der Waals surface area contributed by atoms with Crippen molar-refractivity contribution in [3.63, 3.8) is 0 Å². The van der Waals surface area contributed by atoms with E-state index in [2.05, 4.69) is 20.4 Å². The van der Waals surface area contributed by atoms with Gasteiger partial charge in [-0.25, -0.2) is 9.97 Å². The zero-order chi connectivity index (χ0) is 17.8. The van der Waals surface area contributed by atoms with Gasteiger partial charge in [-0.2, -0.15) is 0 Å². The van der Waals surface area contributed by atoms with E-state index >= 15 is 0 Å². The standard InChI is InChI=1S/C20H14N4O2/c25-20(17-11-18(26-24-17)14-7-3-1-4-8-14)23-16-12-21-19(22-13-16)15-9-5-2-6-10-15/h1-13H,(H,23,25). The molecule has 0 aliphatic heterocycles. The van der Waals surface area contributed by atoms with Crippen molar-refractivity contribution in [2.24, 2.45) is 0 Å². The van der Waals surface area contributed by atoms with Gasteiger partial charge < -0.3 is 9.84 Å². The highest BCUT2D eigenvalue weighted by atomic mass is 16.5. The molecule has 0 radical (unpaired) electrons. The molecule has 6 nitrogen and oxygen atoms in total. The lowest BCUT2D eigenvalue weighted by atomic mass is 10.1. The average Bonchev–Trinajstić information content (AvgIpc) is 3.20. The number of anilines is 1. The van der Waals surface area contributed by atoms with E-state index in [0.717, 1.165) is 11.1 Å². The summed E-state index contributed by atoms with van der Waals surface area (Å²) in [5, 5.41) is 6.54. The second-order valence-electron chi connectivity index (χ2n) is 5.56. The SMILES string of the molecule is O=C(Nc1cnc(-c2ccccc2)nc1)c1cc(-c2ccccc2)on1. The van der Waals surface area contributed by atoms with Gasteiger partial charge >= 0.3 is 0 Å². The van der Waals surface area contributed by atoms with E-state index in [9.17, 15) is 4.79 Å². The molecule has 0 bridgehead atoms. The van der Waals surface area contributed by atoms with Crippen LogP contribution in [0.25, 0.3) is 22.7 Å². The Hall–Kier alpha value is -3.80. The molecule has 4 aromatic rings. The Bertz CT molecular complexity index is 1010. The first-order chi connectivity index (χ1) is 12.8. The zero-order valence-electron chi connectivity index (χ0n) is 13.7. The highest BCUT2D eigenvalue weighted by molar-refractivity contribution is 6.03. The number of nitrogens with one attached hydrogen (secondary N) is 1. The Labute approximate surface area is 149 Å². The molecule has 0 unspecified atom stereocenters. The van der Waals surface area contributed by atoms with Crippen molar-refractivity contribution in [2.45, 2.75) is 0 Å². The lowest BCUT2D eigenvalue weighted by molar-refractivity contribution is 0.101. The zero-order valence-corrected chi connectivity index (χ0v) is 13.7. The van der Waals surface area contributed by atoms with Crippen LogP contribution in [0.2, 0.25) is 0 Å². The van der Waals surface area contributed by atoms with Gasteiger partial charge in [-0.1, -0.05) is 65.8 Å². The Morgan fingerprint density at radius 2 is 1.46 bits per heavy atom. The molecule has 0 spiro atoms. The predicted molar refractivity (Wildman–Crippen MR) is 97.4 cm³/mol. The molecular formula is C20H14N4O2. The fourth-order valence-corrected chi connectivity index (χ4v) is 2.44. The third-order valence-electron chi connectivity index (χ3n) is 3.74. The Morgan fingerprint density at radius 3 is 2.12 bits per heavy atom. The Balaban J connectivity index is 1.48. The van der Waals surface area contributed by atoms with E-state index in [1.807, 2.05) is 60.7 Å². The maximum absolute atomic E-state index is 12.3. The van der Waals surface area contributed by atoms with Crippen molar-refractivity contribution in [3.8, 4) is 22.7 Å². The van der Waals surface area contributed by atoms with Crippen LogP contribution in [0.1, 0.15) is 10.5 Å². The van der Waals surface area contributed by atoms with Crippen LogP contribution in [0.5, 0.6) is 0 Å². The van der Waals surface area contributed by atoms with Gasteiger partial charge in [0.1, 0.15) is 0 Å². The van der Waals surface area contributed by atoms with Crippen LogP contribution in [0.4, 0.5) is 5.69 Å². The molecule has 4 rings (SSSR count). The number of aromatic nitrogens is 3. The summed E-state index contributed by atoms with van der Waals surface area (Å²) in [6.45, 7) is 0. The van der Waals surface area contributed by atoms with Crippen molar-refractivity contribution in [1.82, 2.24) is 15.1 Å². The first-order valence-electron chi connectivity index (χ1n) is 8.00. The van der Waals surface area contributed by atoms with Gasteiger partial charge in [0.25, 0.3) is 5.91 Å². The van der Waals surface area contributed by atoms with Gasteiger partial charge in [0.05, 0.1) is 18.1 Å². The van der Waals surface area contributed by atoms with Crippen LogP contribution in [0.15, 0.2) is 83.6 Å². The molecular weight excluding hydrogens is 328 g/mol. The van der Waals surface area contributed by atoms with E-state index in [1.165, 1.54) is 0 Å². The third-order valence-corrected chi connectivity index (χ3v) is 3.74. The first-order valence-corrected chi connectivity index (χ1v) is 8.00. The number of carbonyl (C=O) groups excluding carboxylic acids is 1. The molecule has 0 aliphatic rings. The number of rotatable bonds is 4. The summed E-state index contributed by atoms with van der Waals surface area (Å²) in [5.74, 6) is 0.745. The molecule has 0 saturated carbocycles. The van der Waals surface area contributed by atoms with Crippen LogP contribution in [0.3, 0.4) is 0 Å². The van der Waals surface area contributed by atoms with Gasteiger partial charge in [0, 0.05) is 17.2 Å². The summed E-state index contributed by atoms with van der Waals surface area (Å²) in [4.78, 5) is 20.9. The molecule has 0 saturated heterocycles. The Kier molecular flexibility index (Phi) is 4.22. The lowest BCUT2D eigenvalue weighted by Gasteiger charge is -2.03. The van der Waals surface area contributed by atoms with E-state index in [-0.39, 0.29) is 11.6 Å². The molecule has 0 atom stereocenters. The van der Waals surface area contributed by atoms with Gasteiger partial charge in [-0.05, 0) is 0 Å². The van der Waals surface area contributed by atoms with E-state index < -0.39 is 0 Å². The van der Waals surface area contributed by atoms with E-state index in [0.29, 0.717) is 17.3 Å². The van der Waals surface area contributed by atoms with Gasteiger partial charge in [-0.15, -0.1) is 0 Å². The molecule has 126 valence electrons. The minimum atomic E-state index is -0.382. The third kappa shape index (κ3) is 3.34. The van der Waals surface area contributed by atoms with Crippen LogP contribution in [-0.2, 0) is 0 Å². The second-order valence-corrected chi connectivity index (χ2v) is 5.56. The second kappa shape index (κ2) is 6.98. The maximum Gasteiger partial charge on any atom is 0.277 e. The molecule has 1 amide bonds. The molecule has 26 heavy (non-hydrogen) atoms. The van der Waals surface area contributed by atoms with Crippen LogP contribution >= 0.6 is 0 Å². The summed E-state index contributed by atoms with van der Waals surface area (Å²) in [5.41, 5.74) is 2.44. The summed E-state index contributed by atoms with van der Waals surface area (Å²) >= 11 is 0. The molecule has 2 aromatic heterocycles. The van der Waals surface area contributed by atoms with E-state index in [1.54, 1.807) is 18.5 Å². The number of carbonyl (C=O) groups is 1. The van der Waals surface area contributed by atoms with Crippen molar-refractivity contribution in [1.29, 1.82) is 0 Å². The van der Waals surface area contributed by atoms with E-state index in [4.69, 9.17) is 4.52 Å². The highest BCUT2D eigenvalue weighted by Gasteiger charge is 2.14. The number of amides is 1. The Morgan fingerprint density at radius 1 is 0.846 bits per heavy atom. The van der Waals surface area contributed by atoms with Crippen molar-refractivity contribution in [3.05, 3.63) is 84.8 Å². The van der Waals surface area contributed by atoms with Crippen LogP contribution in [-0.4, -0.2) is 21.0 Å². The van der Waals surface area contributed by atoms with Crippen LogP contribution in [0, 0.1) is 0 Å². The van der Waals surface area contributed by atoms with Gasteiger partial charge in [-0.3, -0.25) is 4.79 Å². The molecule has 2 heterocycles. The molecule has 6 heteroatoms. The fourth-order valence-electron chi connectivity index (χ4n) is 2.44. The predicted octanol–water partition coefficient (Wildman–Crippen LogP) is 4.05. The fraction of sp³-hybridized carbons (Fsp3) is 0. The van der Waals surface area contributed by atoms with Crippen molar-refractivity contribution >= 4 is 11.6 Å².